The van der Waals surface area contributed by atoms with Gasteiger partial charge in [-0.2, -0.15) is 0 Å². The monoisotopic (exact) mass is 372 g/mol. The summed E-state index contributed by atoms with van der Waals surface area (Å²) in [4.78, 5) is 25.6. The van der Waals surface area contributed by atoms with Gasteiger partial charge in [0.05, 0.1) is 6.26 Å². The second kappa shape index (κ2) is 7.83. The molecule has 2 N–H and O–H groups in total. The van der Waals surface area contributed by atoms with Crippen LogP contribution in [0, 0.1) is 0 Å². The molecule has 0 saturated heterocycles. The van der Waals surface area contributed by atoms with Gasteiger partial charge in [0.1, 0.15) is 5.70 Å². The standard InChI is InChI=1S/C18H13ClN2O3S/c19-12-5-7-13(8-6-12)20-17(22)15(11-14-3-2-10-25-14)21-18(23)16-4-1-9-24-16/h1-11H,(H,20,22)(H,21,23)/b15-11+. The number of carbonyl (C=O) groups is 2. The summed E-state index contributed by atoms with van der Waals surface area (Å²) < 4.78 is 5.06. The van der Waals surface area contributed by atoms with Gasteiger partial charge in [0, 0.05) is 15.6 Å². The van der Waals surface area contributed by atoms with Crippen molar-refractivity contribution in [2.75, 3.05) is 5.32 Å². The minimum absolute atomic E-state index is 0.110. The summed E-state index contributed by atoms with van der Waals surface area (Å²) in [5.41, 5.74) is 0.678. The molecule has 2 amide bonds. The van der Waals surface area contributed by atoms with Crippen LogP contribution < -0.4 is 10.6 Å². The molecular weight excluding hydrogens is 360 g/mol. The molecule has 7 heteroatoms. The predicted molar refractivity (Wildman–Crippen MR) is 98.6 cm³/mol. The Bertz CT molecular complexity index is 885. The molecule has 126 valence electrons. The third-order valence-electron chi connectivity index (χ3n) is 3.17. The number of benzene rings is 1. The summed E-state index contributed by atoms with van der Waals surface area (Å²) in [5.74, 6) is -0.828. The molecule has 0 bridgehead atoms. The molecule has 2 heterocycles. The Balaban J connectivity index is 1.81. The van der Waals surface area contributed by atoms with Gasteiger partial charge < -0.3 is 15.1 Å². The lowest BCUT2D eigenvalue weighted by Gasteiger charge is -2.10. The number of nitrogens with one attached hydrogen (secondary N) is 2. The summed E-state index contributed by atoms with van der Waals surface area (Å²) in [7, 11) is 0. The second-order valence-corrected chi connectivity index (χ2v) is 6.38. The molecule has 0 spiro atoms. The molecule has 1 aromatic carbocycles. The maximum atomic E-state index is 12.6. The maximum absolute atomic E-state index is 12.6. The lowest BCUT2D eigenvalue weighted by molar-refractivity contribution is -0.113. The molecule has 0 aliphatic rings. The van der Waals surface area contributed by atoms with Crippen molar-refractivity contribution in [1.29, 1.82) is 0 Å². The molecule has 3 aromatic rings. The number of furan rings is 1. The van der Waals surface area contributed by atoms with Gasteiger partial charge in [0.25, 0.3) is 11.8 Å². The highest BCUT2D eigenvalue weighted by Crippen LogP contribution is 2.16. The van der Waals surface area contributed by atoms with Crippen molar-refractivity contribution in [2.45, 2.75) is 0 Å². The predicted octanol–water partition coefficient (Wildman–Crippen LogP) is 4.40. The minimum atomic E-state index is -0.501. The Morgan fingerprint density at radius 1 is 1.08 bits per heavy atom. The van der Waals surface area contributed by atoms with E-state index in [0.29, 0.717) is 10.7 Å². The summed E-state index contributed by atoms with van der Waals surface area (Å²) in [6, 6.07) is 13.5. The van der Waals surface area contributed by atoms with Gasteiger partial charge in [0.15, 0.2) is 5.76 Å². The zero-order valence-corrected chi connectivity index (χ0v) is 14.4. The van der Waals surface area contributed by atoms with Crippen molar-refractivity contribution in [1.82, 2.24) is 5.32 Å². The molecule has 0 aliphatic heterocycles. The van der Waals surface area contributed by atoms with Gasteiger partial charge in [0.2, 0.25) is 0 Å². The molecule has 0 saturated carbocycles. The molecule has 0 atom stereocenters. The molecule has 0 unspecified atom stereocenters. The van der Waals surface area contributed by atoms with Gasteiger partial charge in [-0.25, -0.2) is 0 Å². The summed E-state index contributed by atoms with van der Waals surface area (Å²) in [6.07, 6.45) is 3.00. The van der Waals surface area contributed by atoms with E-state index in [1.54, 1.807) is 36.4 Å². The summed E-state index contributed by atoms with van der Waals surface area (Å²) >= 11 is 7.29. The van der Waals surface area contributed by atoms with Crippen LogP contribution in [0.4, 0.5) is 5.69 Å². The van der Waals surface area contributed by atoms with Crippen molar-refractivity contribution in [2.24, 2.45) is 0 Å². The normalized spacial score (nSPS) is 11.2. The lowest BCUT2D eigenvalue weighted by Crippen LogP contribution is -2.30. The van der Waals surface area contributed by atoms with Crippen LogP contribution in [0.3, 0.4) is 0 Å². The molecule has 0 radical (unpaired) electrons. The van der Waals surface area contributed by atoms with Crippen molar-refractivity contribution in [3.8, 4) is 0 Å². The number of hydrogen-bond donors (Lipinski definition) is 2. The quantitative estimate of drug-likeness (QED) is 0.652. The molecule has 0 aliphatic carbocycles. The average molecular weight is 373 g/mol. The largest absolute Gasteiger partial charge is 0.459 e. The lowest BCUT2D eigenvalue weighted by atomic mass is 10.2. The van der Waals surface area contributed by atoms with Crippen LogP contribution in [0.2, 0.25) is 5.02 Å². The van der Waals surface area contributed by atoms with Crippen molar-refractivity contribution >= 4 is 46.5 Å². The molecule has 3 rings (SSSR count). The third-order valence-corrected chi connectivity index (χ3v) is 4.24. The molecule has 0 fully saturated rings. The Hall–Kier alpha value is -2.83. The van der Waals surface area contributed by atoms with Crippen LogP contribution >= 0.6 is 22.9 Å². The summed E-state index contributed by atoms with van der Waals surface area (Å²) in [5, 5.41) is 7.76. The fourth-order valence-corrected chi connectivity index (χ4v) is 2.78. The Morgan fingerprint density at radius 2 is 1.88 bits per heavy atom. The van der Waals surface area contributed by atoms with E-state index in [4.69, 9.17) is 16.0 Å². The summed E-state index contributed by atoms with van der Waals surface area (Å²) in [6.45, 7) is 0. The van der Waals surface area contributed by atoms with E-state index in [1.807, 2.05) is 17.5 Å². The van der Waals surface area contributed by atoms with E-state index in [2.05, 4.69) is 10.6 Å². The van der Waals surface area contributed by atoms with Gasteiger partial charge in [-0.1, -0.05) is 17.7 Å². The van der Waals surface area contributed by atoms with E-state index >= 15 is 0 Å². The number of amides is 2. The SMILES string of the molecule is O=C(Nc1ccc(Cl)cc1)/C(=C\c1cccs1)NC(=O)c1ccco1. The van der Waals surface area contributed by atoms with Gasteiger partial charge >= 0.3 is 0 Å². The van der Waals surface area contributed by atoms with E-state index in [1.165, 1.54) is 23.7 Å². The Morgan fingerprint density at radius 3 is 2.52 bits per heavy atom. The van der Waals surface area contributed by atoms with Gasteiger partial charge in [-0.15, -0.1) is 11.3 Å². The number of hydrogen-bond acceptors (Lipinski definition) is 4. The molecule has 5 nitrogen and oxygen atoms in total. The first kappa shape index (κ1) is 17.0. The zero-order valence-electron chi connectivity index (χ0n) is 12.9. The average Bonchev–Trinajstić information content (AvgIpc) is 3.29. The van der Waals surface area contributed by atoms with Crippen LogP contribution in [0.1, 0.15) is 15.4 Å². The zero-order chi connectivity index (χ0) is 17.6. The van der Waals surface area contributed by atoms with Crippen molar-refractivity contribution in [3.63, 3.8) is 0 Å². The number of rotatable bonds is 5. The van der Waals surface area contributed by atoms with E-state index in [9.17, 15) is 9.59 Å². The molecule has 2 aromatic heterocycles. The van der Waals surface area contributed by atoms with Crippen LogP contribution in [-0.4, -0.2) is 11.8 Å². The highest BCUT2D eigenvalue weighted by atomic mass is 35.5. The maximum Gasteiger partial charge on any atom is 0.291 e. The molecule has 25 heavy (non-hydrogen) atoms. The first-order chi connectivity index (χ1) is 12.1. The van der Waals surface area contributed by atoms with E-state index in [0.717, 1.165) is 4.88 Å². The van der Waals surface area contributed by atoms with Crippen LogP contribution in [0.25, 0.3) is 6.08 Å². The van der Waals surface area contributed by atoms with Crippen LogP contribution in [-0.2, 0) is 4.79 Å². The number of carbonyl (C=O) groups excluding carboxylic acids is 2. The Labute approximate surface area is 152 Å². The number of halogens is 1. The Kier molecular flexibility index (Phi) is 5.33. The fourth-order valence-electron chi connectivity index (χ4n) is 2.00. The smallest absolute Gasteiger partial charge is 0.291 e. The van der Waals surface area contributed by atoms with Crippen LogP contribution in [0.15, 0.2) is 70.3 Å². The van der Waals surface area contributed by atoms with Crippen molar-refractivity contribution < 1.29 is 14.0 Å². The highest BCUT2D eigenvalue weighted by molar-refractivity contribution is 7.10. The fraction of sp³-hybridized carbons (Fsp3) is 0. The number of thiophene rings is 1. The van der Waals surface area contributed by atoms with E-state index in [-0.39, 0.29) is 11.5 Å². The van der Waals surface area contributed by atoms with Crippen LogP contribution in [0.5, 0.6) is 0 Å². The van der Waals surface area contributed by atoms with Crippen molar-refractivity contribution in [3.05, 3.63) is 81.5 Å². The van der Waals surface area contributed by atoms with Gasteiger partial charge in [-0.3, -0.25) is 9.59 Å². The highest BCUT2D eigenvalue weighted by Gasteiger charge is 2.16. The first-order valence-corrected chi connectivity index (χ1v) is 8.54. The number of anilines is 1. The topological polar surface area (TPSA) is 71.3 Å². The van der Waals surface area contributed by atoms with Gasteiger partial charge in [-0.05, 0) is 53.9 Å². The second-order valence-electron chi connectivity index (χ2n) is 4.97. The third kappa shape index (κ3) is 4.59. The molecular formula is C18H13ClN2O3S. The first-order valence-electron chi connectivity index (χ1n) is 7.29. The minimum Gasteiger partial charge on any atom is -0.459 e. The van der Waals surface area contributed by atoms with E-state index < -0.39 is 11.8 Å².